The molecule has 0 radical (unpaired) electrons. The summed E-state index contributed by atoms with van der Waals surface area (Å²) in [5.74, 6) is 0.613. The average molecular weight is 320 g/mol. The van der Waals surface area contributed by atoms with Crippen LogP contribution in [0.25, 0.3) is 5.69 Å². The molecular formula is C15H20N4O2S. The van der Waals surface area contributed by atoms with E-state index >= 15 is 0 Å². The third-order valence-corrected chi connectivity index (χ3v) is 4.31. The highest BCUT2D eigenvalue weighted by molar-refractivity contribution is 7.99. The van der Waals surface area contributed by atoms with Crippen molar-refractivity contribution in [3.63, 3.8) is 0 Å². The van der Waals surface area contributed by atoms with Crippen LogP contribution in [-0.4, -0.2) is 38.5 Å². The smallest absolute Gasteiger partial charge is 0.305 e. The molecule has 0 unspecified atom stereocenters. The Morgan fingerprint density at radius 2 is 2.18 bits per heavy atom. The molecule has 6 nitrogen and oxygen atoms in total. The van der Waals surface area contributed by atoms with Crippen LogP contribution >= 0.6 is 11.8 Å². The van der Waals surface area contributed by atoms with E-state index < -0.39 is 0 Å². The lowest BCUT2D eigenvalue weighted by atomic mass is 10.1. The molecule has 0 fully saturated rings. The quantitative estimate of drug-likeness (QED) is 0.444. The van der Waals surface area contributed by atoms with Crippen molar-refractivity contribution >= 4 is 17.7 Å². The average Bonchev–Trinajstić information content (AvgIpc) is 2.95. The van der Waals surface area contributed by atoms with Gasteiger partial charge >= 0.3 is 5.97 Å². The van der Waals surface area contributed by atoms with Crippen molar-refractivity contribution in [1.29, 1.82) is 0 Å². The van der Waals surface area contributed by atoms with Gasteiger partial charge in [0, 0.05) is 12.2 Å². The van der Waals surface area contributed by atoms with E-state index in [0.717, 1.165) is 28.6 Å². The summed E-state index contributed by atoms with van der Waals surface area (Å²) in [5.41, 5.74) is 3.34. The predicted molar refractivity (Wildman–Crippen MR) is 85.2 cm³/mol. The number of benzene rings is 1. The van der Waals surface area contributed by atoms with E-state index in [2.05, 4.69) is 35.4 Å². The Bertz CT molecular complexity index is 642. The van der Waals surface area contributed by atoms with Gasteiger partial charge in [-0.15, -0.1) is 5.10 Å². The molecule has 2 rings (SSSR count). The lowest BCUT2D eigenvalue weighted by Gasteiger charge is -2.09. The summed E-state index contributed by atoms with van der Waals surface area (Å²) >= 11 is 1.54. The van der Waals surface area contributed by atoms with E-state index in [0.29, 0.717) is 13.0 Å². The molecule has 1 aromatic carbocycles. The van der Waals surface area contributed by atoms with Gasteiger partial charge in [-0.3, -0.25) is 4.79 Å². The van der Waals surface area contributed by atoms with Crippen molar-refractivity contribution in [3.05, 3.63) is 29.3 Å². The van der Waals surface area contributed by atoms with Crippen molar-refractivity contribution in [2.75, 3.05) is 12.4 Å². The Morgan fingerprint density at radius 1 is 1.36 bits per heavy atom. The fourth-order valence-corrected chi connectivity index (χ4v) is 2.82. The molecule has 0 aliphatic carbocycles. The maximum absolute atomic E-state index is 11.3. The highest BCUT2D eigenvalue weighted by Crippen LogP contribution is 2.23. The number of nitrogens with zero attached hydrogens (tertiary/aromatic N) is 4. The SMILES string of the molecule is CCOC(=O)CCCSc1nnnn1-c1cccc(C)c1C. The maximum atomic E-state index is 11.3. The molecule has 2 aromatic rings. The molecule has 7 heteroatoms. The summed E-state index contributed by atoms with van der Waals surface area (Å²) in [7, 11) is 0. The van der Waals surface area contributed by atoms with Gasteiger partial charge in [0.05, 0.1) is 12.3 Å². The van der Waals surface area contributed by atoms with Gasteiger partial charge in [-0.25, -0.2) is 0 Å². The van der Waals surface area contributed by atoms with E-state index in [1.54, 1.807) is 16.4 Å². The maximum Gasteiger partial charge on any atom is 0.305 e. The van der Waals surface area contributed by atoms with Gasteiger partial charge in [0.2, 0.25) is 5.16 Å². The van der Waals surface area contributed by atoms with Crippen LogP contribution < -0.4 is 0 Å². The fraction of sp³-hybridized carbons (Fsp3) is 0.467. The minimum absolute atomic E-state index is 0.155. The van der Waals surface area contributed by atoms with Crippen molar-refractivity contribution in [1.82, 2.24) is 20.2 Å². The van der Waals surface area contributed by atoms with Gasteiger partial charge in [-0.1, -0.05) is 23.9 Å². The third-order valence-electron chi connectivity index (χ3n) is 3.31. The number of ether oxygens (including phenoxy) is 1. The van der Waals surface area contributed by atoms with Gasteiger partial charge in [0.1, 0.15) is 0 Å². The second-order valence-electron chi connectivity index (χ2n) is 4.85. The molecule has 0 bridgehead atoms. The van der Waals surface area contributed by atoms with Crippen molar-refractivity contribution in [2.45, 2.75) is 38.8 Å². The monoisotopic (exact) mass is 320 g/mol. The number of aryl methyl sites for hydroxylation is 1. The highest BCUT2D eigenvalue weighted by atomic mass is 32.2. The zero-order valence-electron chi connectivity index (χ0n) is 13.1. The predicted octanol–water partition coefficient (Wildman–Crippen LogP) is 2.71. The van der Waals surface area contributed by atoms with Gasteiger partial charge in [0.15, 0.2) is 0 Å². The van der Waals surface area contributed by atoms with Crippen LogP contribution in [0, 0.1) is 13.8 Å². The van der Waals surface area contributed by atoms with E-state index in [4.69, 9.17) is 4.74 Å². The van der Waals surface area contributed by atoms with Crippen molar-refractivity contribution in [3.8, 4) is 5.69 Å². The lowest BCUT2D eigenvalue weighted by Crippen LogP contribution is -2.05. The lowest BCUT2D eigenvalue weighted by molar-refractivity contribution is -0.143. The van der Waals surface area contributed by atoms with Crippen LogP contribution in [0.5, 0.6) is 0 Å². The molecule has 1 aromatic heterocycles. The van der Waals surface area contributed by atoms with E-state index in [9.17, 15) is 4.79 Å². The van der Waals surface area contributed by atoms with Crippen LogP contribution in [0.15, 0.2) is 23.4 Å². The summed E-state index contributed by atoms with van der Waals surface area (Å²) in [4.78, 5) is 11.3. The molecule has 118 valence electrons. The fourth-order valence-electron chi connectivity index (χ4n) is 2.00. The largest absolute Gasteiger partial charge is 0.466 e. The minimum Gasteiger partial charge on any atom is -0.466 e. The van der Waals surface area contributed by atoms with Gasteiger partial charge in [0.25, 0.3) is 0 Å². The molecule has 0 spiro atoms. The summed E-state index contributed by atoms with van der Waals surface area (Å²) in [6.07, 6.45) is 1.16. The Morgan fingerprint density at radius 3 is 2.95 bits per heavy atom. The van der Waals surface area contributed by atoms with Gasteiger partial charge in [-0.05, 0) is 54.8 Å². The van der Waals surface area contributed by atoms with Gasteiger partial charge in [-0.2, -0.15) is 4.68 Å². The van der Waals surface area contributed by atoms with Crippen LogP contribution in [0.1, 0.15) is 30.9 Å². The number of carbonyl (C=O) groups is 1. The van der Waals surface area contributed by atoms with Crippen LogP contribution in [0.3, 0.4) is 0 Å². The van der Waals surface area contributed by atoms with Crippen molar-refractivity contribution < 1.29 is 9.53 Å². The van der Waals surface area contributed by atoms with Crippen LogP contribution in [-0.2, 0) is 9.53 Å². The topological polar surface area (TPSA) is 69.9 Å². The molecule has 0 saturated carbocycles. The molecule has 0 aliphatic heterocycles. The molecule has 0 saturated heterocycles. The highest BCUT2D eigenvalue weighted by Gasteiger charge is 2.12. The first-order chi connectivity index (χ1) is 10.6. The Labute approximate surface area is 134 Å². The zero-order chi connectivity index (χ0) is 15.9. The number of carbonyl (C=O) groups excluding carboxylic acids is 1. The second kappa shape index (κ2) is 7.93. The molecule has 0 amide bonds. The first kappa shape index (κ1) is 16.5. The molecule has 0 N–H and O–H groups in total. The number of hydrogen-bond acceptors (Lipinski definition) is 6. The third kappa shape index (κ3) is 4.07. The summed E-state index contributed by atoms with van der Waals surface area (Å²) in [5, 5.41) is 12.6. The van der Waals surface area contributed by atoms with Crippen molar-refractivity contribution in [2.24, 2.45) is 0 Å². The Hall–Kier alpha value is -1.89. The first-order valence-electron chi connectivity index (χ1n) is 7.27. The van der Waals surface area contributed by atoms with Gasteiger partial charge < -0.3 is 4.74 Å². The number of thioether (sulfide) groups is 1. The number of tetrazole rings is 1. The van der Waals surface area contributed by atoms with E-state index in [1.807, 2.05) is 19.1 Å². The first-order valence-corrected chi connectivity index (χ1v) is 8.25. The molecule has 1 heterocycles. The summed E-state index contributed by atoms with van der Waals surface area (Å²) in [6, 6.07) is 6.06. The molecular weight excluding hydrogens is 300 g/mol. The standard InChI is InChI=1S/C15H20N4O2S/c1-4-21-14(20)9-6-10-22-15-16-17-18-19(15)13-8-5-7-11(2)12(13)3/h5,7-8H,4,6,9-10H2,1-3H3. The molecule has 22 heavy (non-hydrogen) atoms. The van der Waals surface area contributed by atoms with E-state index in [1.165, 1.54) is 5.56 Å². The minimum atomic E-state index is -0.155. The summed E-state index contributed by atoms with van der Waals surface area (Å²) < 4.78 is 6.65. The number of rotatable bonds is 7. The van der Waals surface area contributed by atoms with E-state index in [-0.39, 0.29) is 5.97 Å². The van der Waals surface area contributed by atoms with Crippen LogP contribution in [0.4, 0.5) is 0 Å². The normalized spacial score (nSPS) is 10.7. The van der Waals surface area contributed by atoms with Crippen LogP contribution in [0.2, 0.25) is 0 Å². The zero-order valence-corrected chi connectivity index (χ0v) is 13.9. The second-order valence-corrected chi connectivity index (χ2v) is 5.91. The Kier molecular flexibility index (Phi) is 5.94. The Balaban J connectivity index is 1.98. The summed E-state index contributed by atoms with van der Waals surface area (Å²) in [6.45, 7) is 6.36. The number of aromatic nitrogens is 4. The number of hydrogen-bond donors (Lipinski definition) is 0. The molecule has 0 atom stereocenters. The molecule has 0 aliphatic rings. The number of esters is 1.